The topological polar surface area (TPSA) is 54.5 Å². The molecule has 0 aromatic carbocycles. The lowest BCUT2D eigenvalue weighted by molar-refractivity contribution is -0.123. The number of hydrogen-bond donors (Lipinski definition) is 1. The van der Waals surface area contributed by atoms with E-state index in [1.165, 1.54) is 0 Å². The Labute approximate surface area is 139 Å². The molecule has 0 radical (unpaired) electrons. The number of nitrogens with zero attached hydrogens (tertiary/aromatic N) is 2. The number of ether oxygens (including phenoxy) is 1. The van der Waals surface area contributed by atoms with E-state index in [4.69, 9.17) is 4.74 Å². The zero-order valence-electron chi connectivity index (χ0n) is 14.7. The van der Waals surface area contributed by atoms with Crippen molar-refractivity contribution in [1.29, 1.82) is 0 Å². The summed E-state index contributed by atoms with van der Waals surface area (Å²) in [6.45, 7) is 5.65. The molecule has 0 spiro atoms. The number of pyridine rings is 1. The molecule has 5 nitrogen and oxygen atoms in total. The van der Waals surface area contributed by atoms with E-state index in [1.807, 2.05) is 31.1 Å². The quantitative estimate of drug-likeness (QED) is 0.876. The standard InChI is InChI=1S/C18H29N3O2/c1-13(2)16-10-14(7-9-23-16)11-17(22)20-12-15-6-5-8-19-18(15)21(3)4/h5-6,8,13-14,16H,7,9-12H2,1-4H3,(H,20,22). The zero-order chi connectivity index (χ0) is 16.8. The summed E-state index contributed by atoms with van der Waals surface area (Å²) in [5, 5.41) is 3.04. The zero-order valence-corrected chi connectivity index (χ0v) is 14.7. The van der Waals surface area contributed by atoms with Gasteiger partial charge in [-0.05, 0) is 30.7 Å². The number of carbonyl (C=O) groups is 1. The maximum Gasteiger partial charge on any atom is 0.220 e. The van der Waals surface area contributed by atoms with Gasteiger partial charge in [0.15, 0.2) is 0 Å². The van der Waals surface area contributed by atoms with E-state index in [9.17, 15) is 4.79 Å². The highest BCUT2D eigenvalue weighted by Gasteiger charge is 2.26. The van der Waals surface area contributed by atoms with Crippen molar-refractivity contribution in [3.8, 4) is 0 Å². The molecule has 1 amide bonds. The summed E-state index contributed by atoms with van der Waals surface area (Å²) in [5.74, 6) is 1.96. The summed E-state index contributed by atoms with van der Waals surface area (Å²) in [6, 6.07) is 3.91. The predicted octanol–water partition coefficient (Wildman–Crippen LogP) is 2.61. The molecule has 2 rings (SSSR count). The Hall–Kier alpha value is -1.62. The molecule has 1 aliphatic heterocycles. The first-order valence-electron chi connectivity index (χ1n) is 8.47. The molecule has 128 valence electrons. The monoisotopic (exact) mass is 319 g/mol. The van der Waals surface area contributed by atoms with Crippen LogP contribution in [-0.2, 0) is 16.1 Å². The first-order valence-corrected chi connectivity index (χ1v) is 8.47. The van der Waals surface area contributed by atoms with Crippen molar-refractivity contribution in [2.75, 3.05) is 25.6 Å². The van der Waals surface area contributed by atoms with E-state index in [2.05, 4.69) is 24.1 Å². The third kappa shape index (κ3) is 5.20. The van der Waals surface area contributed by atoms with Gasteiger partial charge in [0.25, 0.3) is 0 Å². The van der Waals surface area contributed by atoms with E-state index >= 15 is 0 Å². The van der Waals surface area contributed by atoms with Gasteiger partial charge in [-0.2, -0.15) is 0 Å². The van der Waals surface area contributed by atoms with Crippen molar-refractivity contribution in [2.45, 2.75) is 45.8 Å². The molecule has 2 atom stereocenters. The van der Waals surface area contributed by atoms with Crippen LogP contribution in [0.25, 0.3) is 0 Å². The summed E-state index contributed by atoms with van der Waals surface area (Å²) in [6.07, 6.45) is 4.62. The third-order valence-electron chi connectivity index (χ3n) is 4.41. The minimum Gasteiger partial charge on any atom is -0.378 e. The Morgan fingerprint density at radius 1 is 1.48 bits per heavy atom. The number of amides is 1. The summed E-state index contributed by atoms with van der Waals surface area (Å²) in [5.41, 5.74) is 1.04. The van der Waals surface area contributed by atoms with E-state index in [0.29, 0.717) is 30.9 Å². The molecular weight excluding hydrogens is 290 g/mol. The van der Waals surface area contributed by atoms with Gasteiger partial charge in [0.2, 0.25) is 5.91 Å². The van der Waals surface area contributed by atoms with E-state index in [-0.39, 0.29) is 5.91 Å². The van der Waals surface area contributed by atoms with Crippen LogP contribution in [0.2, 0.25) is 0 Å². The maximum atomic E-state index is 12.3. The Kier molecular flexibility index (Phi) is 6.39. The highest BCUT2D eigenvalue weighted by Crippen LogP contribution is 2.27. The van der Waals surface area contributed by atoms with E-state index in [1.54, 1.807) is 6.20 Å². The minimum absolute atomic E-state index is 0.118. The van der Waals surface area contributed by atoms with Crippen molar-refractivity contribution in [3.63, 3.8) is 0 Å². The number of carbonyl (C=O) groups excluding carboxylic acids is 1. The summed E-state index contributed by atoms with van der Waals surface area (Å²) < 4.78 is 5.78. The molecule has 5 heteroatoms. The predicted molar refractivity (Wildman–Crippen MR) is 92.3 cm³/mol. The second kappa shape index (κ2) is 8.29. The van der Waals surface area contributed by atoms with Crippen LogP contribution in [0.15, 0.2) is 18.3 Å². The average molecular weight is 319 g/mol. The van der Waals surface area contributed by atoms with Crippen molar-refractivity contribution < 1.29 is 9.53 Å². The van der Waals surface area contributed by atoms with E-state index < -0.39 is 0 Å². The number of nitrogens with one attached hydrogen (secondary N) is 1. The fourth-order valence-corrected chi connectivity index (χ4v) is 3.05. The van der Waals surface area contributed by atoms with Crippen LogP contribution in [0.4, 0.5) is 5.82 Å². The maximum absolute atomic E-state index is 12.3. The third-order valence-corrected chi connectivity index (χ3v) is 4.41. The first-order chi connectivity index (χ1) is 11.0. The Bertz CT molecular complexity index is 517. The second-order valence-electron chi connectivity index (χ2n) is 6.91. The van der Waals surface area contributed by atoms with Gasteiger partial charge in [-0.1, -0.05) is 19.9 Å². The van der Waals surface area contributed by atoms with Gasteiger partial charge in [0.1, 0.15) is 5.82 Å². The van der Waals surface area contributed by atoms with Gasteiger partial charge in [-0.15, -0.1) is 0 Å². The van der Waals surface area contributed by atoms with Crippen molar-refractivity contribution in [2.24, 2.45) is 11.8 Å². The Morgan fingerprint density at radius 2 is 2.26 bits per heavy atom. The van der Waals surface area contributed by atoms with Crippen molar-refractivity contribution in [1.82, 2.24) is 10.3 Å². The first kappa shape index (κ1) is 17.7. The van der Waals surface area contributed by atoms with Crippen molar-refractivity contribution in [3.05, 3.63) is 23.9 Å². The lowest BCUT2D eigenvalue weighted by Gasteiger charge is -2.31. The molecule has 1 saturated heterocycles. The van der Waals surface area contributed by atoms with E-state index in [0.717, 1.165) is 30.8 Å². The molecule has 23 heavy (non-hydrogen) atoms. The van der Waals surface area contributed by atoms with Gasteiger partial charge in [-0.3, -0.25) is 4.79 Å². The molecule has 2 unspecified atom stereocenters. The number of rotatable bonds is 6. The normalized spacial score (nSPS) is 21.3. The summed E-state index contributed by atoms with van der Waals surface area (Å²) in [7, 11) is 3.92. The van der Waals surface area contributed by atoms with Gasteiger partial charge in [0.05, 0.1) is 6.10 Å². The average Bonchev–Trinajstić information content (AvgIpc) is 2.53. The molecule has 0 bridgehead atoms. The van der Waals surface area contributed by atoms with Crippen molar-refractivity contribution >= 4 is 11.7 Å². The summed E-state index contributed by atoms with van der Waals surface area (Å²) >= 11 is 0. The Morgan fingerprint density at radius 3 is 2.96 bits per heavy atom. The van der Waals surface area contributed by atoms with Crippen LogP contribution in [-0.4, -0.2) is 37.7 Å². The van der Waals surface area contributed by atoms with Crippen LogP contribution in [0.3, 0.4) is 0 Å². The van der Waals surface area contributed by atoms with Crippen LogP contribution in [0.5, 0.6) is 0 Å². The smallest absolute Gasteiger partial charge is 0.220 e. The molecule has 1 fully saturated rings. The molecule has 0 aliphatic carbocycles. The molecule has 0 saturated carbocycles. The highest BCUT2D eigenvalue weighted by atomic mass is 16.5. The number of aromatic nitrogens is 1. The van der Waals surface area contributed by atoms with Crippen LogP contribution in [0.1, 0.15) is 38.7 Å². The van der Waals surface area contributed by atoms with Gasteiger partial charge in [-0.25, -0.2) is 4.98 Å². The summed E-state index contributed by atoms with van der Waals surface area (Å²) in [4.78, 5) is 18.6. The lowest BCUT2D eigenvalue weighted by atomic mass is 9.88. The molecule has 1 aromatic heterocycles. The van der Waals surface area contributed by atoms with Crippen LogP contribution < -0.4 is 10.2 Å². The number of anilines is 1. The largest absolute Gasteiger partial charge is 0.378 e. The fourth-order valence-electron chi connectivity index (χ4n) is 3.05. The molecule has 1 N–H and O–H groups in total. The highest BCUT2D eigenvalue weighted by molar-refractivity contribution is 5.76. The minimum atomic E-state index is 0.118. The van der Waals surface area contributed by atoms with Gasteiger partial charge in [0, 0.05) is 45.4 Å². The molecule has 1 aliphatic rings. The Balaban J connectivity index is 1.84. The lowest BCUT2D eigenvalue weighted by Crippen LogP contribution is -2.33. The fraction of sp³-hybridized carbons (Fsp3) is 0.667. The number of hydrogen-bond acceptors (Lipinski definition) is 4. The molecular formula is C18H29N3O2. The molecule has 2 heterocycles. The van der Waals surface area contributed by atoms with Gasteiger partial charge >= 0.3 is 0 Å². The van der Waals surface area contributed by atoms with Crippen LogP contribution in [0, 0.1) is 11.8 Å². The SMILES string of the molecule is CC(C)C1CC(CC(=O)NCc2cccnc2N(C)C)CCO1. The molecule has 1 aromatic rings. The second-order valence-corrected chi connectivity index (χ2v) is 6.91. The van der Waals surface area contributed by atoms with Crippen LogP contribution >= 0.6 is 0 Å². The van der Waals surface area contributed by atoms with Gasteiger partial charge < -0.3 is 15.0 Å².